The van der Waals surface area contributed by atoms with Gasteiger partial charge in [0.2, 0.25) is 5.91 Å². The second-order valence-electron chi connectivity index (χ2n) is 3.30. The van der Waals surface area contributed by atoms with Gasteiger partial charge in [-0.1, -0.05) is 0 Å². The lowest BCUT2D eigenvalue weighted by Gasteiger charge is -2.14. The van der Waals surface area contributed by atoms with Crippen molar-refractivity contribution < 1.29 is 19.1 Å². The van der Waals surface area contributed by atoms with E-state index in [1.165, 1.54) is 32.7 Å². The lowest BCUT2D eigenvalue weighted by atomic mass is 10.3. The number of hydrogen-bond acceptors (Lipinski definition) is 5. The molecule has 1 N–H and O–H groups in total. The van der Waals surface area contributed by atoms with Crippen LogP contribution in [0.5, 0.6) is 0 Å². The number of nitrogens with one attached hydrogen (secondary N) is 1. The fourth-order valence-corrected chi connectivity index (χ4v) is 2.03. The van der Waals surface area contributed by atoms with E-state index in [-0.39, 0.29) is 11.7 Å². The van der Waals surface area contributed by atoms with Crippen molar-refractivity contribution in [1.29, 1.82) is 0 Å². The van der Waals surface area contributed by atoms with Crippen molar-refractivity contribution in [3.05, 3.63) is 0 Å². The number of hydrogen-bond donors (Lipinski definition) is 1. The SMILES string of the molecule is COC(=O)C(CSCCC(C)=O)NC(C)=O. The van der Waals surface area contributed by atoms with Gasteiger partial charge in [-0.15, -0.1) is 0 Å². The van der Waals surface area contributed by atoms with Gasteiger partial charge in [0.15, 0.2) is 0 Å². The zero-order valence-electron chi connectivity index (χ0n) is 9.74. The van der Waals surface area contributed by atoms with E-state index < -0.39 is 12.0 Å². The zero-order chi connectivity index (χ0) is 12.6. The van der Waals surface area contributed by atoms with Gasteiger partial charge in [0.1, 0.15) is 11.8 Å². The van der Waals surface area contributed by atoms with Gasteiger partial charge in [-0.05, 0) is 6.92 Å². The zero-order valence-corrected chi connectivity index (χ0v) is 10.6. The van der Waals surface area contributed by atoms with Gasteiger partial charge in [0, 0.05) is 24.9 Å². The van der Waals surface area contributed by atoms with Gasteiger partial charge < -0.3 is 10.1 Å². The van der Waals surface area contributed by atoms with Crippen molar-refractivity contribution in [3.63, 3.8) is 0 Å². The molecule has 1 unspecified atom stereocenters. The summed E-state index contributed by atoms with van der Waals surface area (Å²) in [6.45, 7) is 2.86. The Kier molecular flexibility index (Phi) is 7.62. The quantitative estimate of drug-likeness (QED) is 0.520. The molecule has 0 rings (SSSR count). The van der Waals surface area contributed by atoms with Gasteiger partial charge in [0.25, 0.3) is 0 Å². The lowest BCUT2D eigenvalue weighted by molar-refractivity contribution is -0.144. The molecule has 16 heavy (non-hydrogen) atoms. The van der Waals surface area contributed by atoms with E-state index >= 15 is 0 Å². The number of carbonyl (C=O) groups is 3. The average Bonchev–Trinajstić information content (AvgIpc) is 2.20. The van der Waals surface area contributed by atoms with Crippen molar-refractivity contribution >= 4 is 29.4 Å². The lowest BCUT2D eigenvalue weighted by Crippen LogP contribution is -2.42. The summed E-state index contributed by atoms with van der Waals surface area (Å²) in [5.41, 5.74) is 0. The summed E-state index contributed by atoms with van der Waals surface area (Å²) in [7, 11) is 1.28. The third kappa shape index (κ3) is 7.28. The number of carbonyl (C=O) groups excluding carboxylic acids is 3. The van der Waals surface area contributed by atoms with Crippen LogP contribution in [-0.2, 0) is 19.1 Å². The molecule has 0 fully saturated rings. The van der Waals surface area contributed by atoms with E-state index in [2.05, 4.69) is 10.1 Å². The topological polar surface area (TPSA) is 72.5 Å². The number of ketones is 1. The fourth-order valence-electron chi connectivity index (χ4n) is 0.973. The first-order valence-electron chi connectivity index (χ1n) is 4.89. The third-order valence-corrected chi connectivity index (χ3v) is 2.81. The first kappa shape index (κ1) is 15.0. The van der Waals surface area contributed by atoms with Crippen LogP contribution in [0.1, 0.15) is 20.3 Å². The second kappa shape index (κ2) is 8.15. The maximum atomic E-state index is 11.3. The van der Waals surface area contributed by atoms with Crippen molar-refractivity contribution in [1.82, 2.24) is 5.32 Å². The summed E-state index contributed by atoms with van der Waals surface area (Å²) in [6, 6.07) is -0.639. The molecular formula is C10H17NO4S. The molecule has 0 aliphatic carbocycles. The predicted octanol–water partition coefficient (Wildman–Crippen LogP) is 0.376. The van der Waals surface area contributed by atoms with E-state index in [1.54, 1.807) is 0 Å². The summed E-state index contributed by atoms with van der Waals surface area (Å²) < 4.78 is 4.56. The Hall–Kier alpha value is -1.04. The van der Waals surface area contributed by atoms with Gasteiger partial charge in [-0.2, -0.15) is 11.8 Å². The Bertz CT molecular complexity index is 268. The Balaban J connectivity index is 3.97. The molecule has 0 saturated heterocycles. The van der Waals surface area contributed by atoms with E-state index in [0.29, 0.717) is 17.9 Å². The molecule has 0 heterocycles. The number of ether oxygens (including phenoxy) is 1. The number of methoxy groups -OCH3 is 1. The number of rotatable bonds is 7. The van der Waals surface area contributed by atoms with Crippen LogP contribution in [0, 0.1) is 0 Å². The van der Waals surface area contributed by atoms with Crippen LogP contribution < -0.4 is 5.32 Å². The Morgan fingerprint density at radius 3 is 2.38 bits per heavy atom. The molecule has 6 heteroatoms. The van der Waals surface area contributed by atoms with Crippen LogP contribution >= 0.6 is 11.8 Å². The van der Waals surface area contributed by atoms with Gasteiger partial charge in [-0.3, -0.25) is 9.59 Å². The van der Waals surface area contributed by atoms with E-state index in [4.69, 9.17) is 0 Å². The highest BCUT2D eigenvalue weighted by molar-refractivity contribution is 7.99. The molecule has 0 aromatic rings. The summed E-state index contributed by atoms with van der Waals surface area (Å²) in [5, 5.41) is 2.50. The molecule has 0 aromatic carbocycles. The minimum Gasteiger partial charge on any atom is -0.467 e. The molecule has 0 aliphatic rings. The maximum absolute atomic E-state index is 11.3. The fraction of sp³-hybridized carbons (Fsp3) is 0.700. The first-order valence-corrected chi connectivity index (χ1v) is 6.05. The number of amides is 1. The standard InChI is InChI=1S/C10H17NO4S/c1-7(12)4-5-16-6-9(10(14)15-3)11-8(2)13/h9H,4-6H2,1-3H3,(H,11,13). The molecule has 0 radical (unpaired) electrons. The van der Waals surface area contributed by atoms with Crippen LogP contribution in [0.4, 0.5) is 0 Å². The summed E-state index contributed by atoms with van der Waals surface area (Å²) in [4.78, 5) is 32.8. The van der Waals surface area contributed by atoms with Crippen molar-refractivity contribution in [2.75, 3.05) is 18.6 Å². The molecule has 0 saturated carbocycles. The van der Waals surface area contributed by atoms with Gasteiger partial charge in [-0.25, -0.2) is 4.79 Å². The summed E-state index contributed by atoms with van der Waals surface area (Å²) in [6.07, 6.45) is 0.471. The second-order valence-corrected chi connectivity index (χ2v) is 4.45. The van der Waals surface area contributed by atoms with Crippen LogP contribution in [0.2, 0.25) is 0 Å². The molecule has 0 spiro atoms. The average molecular weight is 247 g/mol. The third-order valence-electron chi connectivity index (χ3n) is 1.75. The first-order chi connectivity index (χ1) is 7.47. The molecule has 0 bridgehead atoms. The highest BCUT2D eigenvalue weighted by atomic mass is 32.2. The van der Waals surface area contributed by atoms with Gasteiger partial charge >= 0.3 is 5.97 Å². The van der Waals surface area contributed by atoms with Gasteiger partial charge in [0.05, 0.1) is 7.11 Å². The monoisotopic (exact) mass is 247 g/mol. The van der Waals surface area contributed by atoms with Crippen LogP contribution in [-0.4, -0.2) is 42.3 Å². The molecule has 0 aromatic heterocycles. The minimum absolute atomic E-state index is 0.113. The predicted molar refractivity (Wildman–Crippen MR) is 62.2 cm³/mol. The maximum Gasteiger partial charge on any atom is 0.329 e. The number of esters is 1. The number of Topliss-reactive ketones (excluding diaryl/α,β-unsaturated/α-hetero) is 1. The summed E-state index contributed by atoms with van der Waals surface area (Å²) in [5.74, 6) is 0.428. The van der Waals surface area contributed by atoms with E-state index in [1.807, 2.05) is 0 Å². The van der Waals surface area contributed by atoms with Crippen molar-refractivity contribution in [2.24, 2.45) is 0 Å². The molecule has 1 atom stereocenters. The molecule has 0 aliphatic heterocycles. The van der Waals surface area contributed by atoms with Crippen molar-refractivity contribution in [2.45, 2.75) is 26.3 Å². The van der Waals surface area contributed by atoms with E-state index in [9.17, 15) is 14.4 Å². The number of thioether (sulfide) groups is 1. The normalized spacial score (nSPS) is 11.7. The molecule has 5 nitrogen and oxygen atoms in total. The van der Waals surface area contributed by atoms with Crippen molar-refractivity contribution in [3.8, 4) is 0 Å². The van der Waals surface area contributed by atoms with Crippen LogP contribution in [0.15, 0.2) is 0 Å². The smallest absolute Gasteiger partial charge is 0.329 e. The highest BCUT2D eigenvalue weighted by Gasteiger charge is 2.19. The van der Waals surface area contributed by atoms with Crippen LogP contribution in [0.3, 0.4) is 0 Å². The largest absolute Gasteiger partial charge is 0.467 e. The highest BCUT2D eigenvalue weighted by Crippen LogP contribution is 2.06. The Labute approximate surface area is 99.3 Å². The molecule has 1 amide bonds. The summed E-state index contributed by atoms with van der Waals surface area (Å²) >= 11 is 1.44. The Morgan fingerprint density at radius 1 is 1.31 bits per heavy atom. The Morgan fingerprint density at radius 2 is 1.94 bits per heavy atom. The van der Waals surface area contributed by atoms with Crippen LogP contribution in [0.25, 0.3) is 0 Å². The minimum atomic E-state index is -0.639. The van der Waals surface area contributed by atoms with E-state index in [0.717, 1.165) is 0 Å². The molecular weight excluding hydrogens is 230 g/mol. The molecule has 92 valence electrons.